The van der Waals surface area contributed by atoms with Crippen molar-refractivity contribution in [2.75, 3.05) is 0 Å². The minimum Gasteiger partial charge on any atom is -0.478 e. The number of carboxylic acids is 1. The minimum absolute atomic E-state index is 0.0138. The molecule has 8 atom stereocenters. The number of carbonyl (C=O) groups is 1. The summed E-state index contributed by atoms with van der Waals surface area (Å²) in [7, 11) is 0. The van der Waals surface area contributed by atoms with Gasteiger partial charge in [0.1, 0.15) is 0 Å². The van der Waals surface area contributed by atoms with Crippen LogP contribution in [0.3, 0.4) is 0 Å². The SMILES string of the molecule is C/C(=C/CC[C@@H](C)[C@H]1CC[C@@]2(C)C3=C(C[C@H](O)[C@]12C)[C@@]1(C)CC[C@@H](O)C(C)(C)[C@@H]1CC3)C(=O)O. The normalized spacial score (nSPS) is 44.8. The Bertz CT molecular complexity index is 899. The molecule has 4 nitrogen and oxygen atoms in total. The van der Waals surface area contributed by atoms with Gasteiger partial charge in [0, 0.05) is 11.0 Å². The summed E-state index contributed by atoms with van der Waals surface area (Å²) < 4.78 is 0. The molecule has 2 fully saturated rings. The lowest BCUT2D eigenvalue weighted by atomic mass is 9.42. The number of allylic oxidation sites excluding steroid dienone is 2. The molecular weight excluding hydrogens is 424 g/mol. The summed E-state index contributed by atoms with van der Waals surface area (Å²) in [5.74, 6) is 0.508. The first-order valence-corrected chi connectivity index (χ1v) is 13.7. The molecule has 0 aromatic rings. The summed E-state index contributed by atoms with van der Waals surface area (Å²) in [4.78, 5) is 11.2. The summed E-state index contributed by atoms with van der Waals surface area (Å²) in [6.07, 6.45) is 10.2. The van der Waals surface area contributed by atoms with Gasteiger partial charge in [0.15, 0.2) is 0 Å². The van der Waals surface area contributed by atoms with Crippen molar-refractivity contribution in [1.82, 2.24) is 0 Å². The van der Waals surface area contributed by atoms with E-state index < -0.39 is 5.97 Å². The van der Waals surface area contributed by atoms with E-state index in [4.69, 9.17) is 5.11 Å². The minimum atomic E-state index is -0.835. The third kappa shape index (κ3) is 3.49. The van der Waals surface area contributed by atoms with Gasteiger partial charge in [0.25, 0.3) is 0 Å². The zero-order valence-corrected chi connectivity index (χ0v) is 22.6. The Morgan fingerprint density at radius 3 is 2.35 bits per heavy atom. The van der Waals surface area contributed by atoms with Crippen molar-refractivity contribution in [1.29, 1.82) is 0 Å². The molecule has 0 aromatic heterocycles. The first-order chi connectivity index (χ1) is 15.7. The van der Waals surface area contributed by atoms with Crippen LogP contribution in [0, 0.1) is 39.4 Å². The molecule has 0 saturated heterocycles. The van der Waals surface area contributed by atoms with Crippen LogP contribution in [0.4, 0.5) is 0 Å². The molecule has 0 radical (unpaired) electrons. The van der Waals surface area contributed by atoms with E-state index in [1.54, 1.807) is 12.5 Å². The summed E-state index contributed by atoms with van der Waals surface area (Å²) >= 11 is 0. The monoisotopic (exact) mass is 472 g/mol. The number of fused-ring (bicyclic) bond motifs is 4. The highest BCUT2D eigenvalue weighted by atomic mass is 16.4. The van der Waals surface area contributed by atoms with Crippen molar-refractivity contribution in [3.8, 4) is 0 Å². The molecule has 4 heteroatoms. The van der Waals surface area contributed by atoms with E-state index in [2.05, 4.69) is 41.5 Å². The van der Waals surface area contributed by atoms with Crippen LogP contribution in [0.5, 0.6) is 0 Å². The highest BCUT2D eigenvalue weighted by Crippen LogP contribution is 2.72. The fourth-order valence-electron chi connectivity index (χ4n) is 9.48. The van der Waals surface area contributed by atoms with Crippen LogP contribution < -0.4 is 0 Å². The second-order valence-corrected chi connectivity index (χ2v) is 13.6. The van der Waals surface area contributed by atoms with Gasteiger partial charge in [-0.05, 0) is 98.7 Å². The highest BCUT2D eigenvalue weighted by molar-refractivity contribution is 5.85. The van der Waals surface area contributed by atoms with E-state index in [1.165, 1.54) is 5.57 Å². The first kappa shape index (κ1) is 25.9. The molecule has 0 heterocycles. The van der Waals surface area contributed by atoms with E-state index >= 15 is 0 Å². The third-order valence-corrected chi connectivity index (χ3v) is 12.0. The fourth-order valence-corrected chi connectivity index (χ4v) is 9.48. The van der Waals surface area contributed by atoms with Gasteiger partial charge in [-0.3, -0.25) is 0 Å². The second-order valence-electron chi connectivity index (χ2n) is 13.6. The van der Waals surface area contributed by atoms with E-state index in [0.717, 1.165) is 57.8 Å². The molecule has 0 spiro atoms. The van der Waals surface area contributed by atoms with Gasteiger partial charge in [-0.15, -0.1) is 0 Å². The van der Waals surface area contributed by atoms with Crippen LogP contribution in [0.25, 0.3) is 0 Å². The maximum atomic E-state index is 11.9. The smallest absolute Gasteiger partial charge is 0.330 e. The van der Waals surface area contributed by atoms with Gasteiger partial charge in [0.2, 0.25) is 0 Å². The van der Waals surface area contributed by atoms with Gasteiger partial charge < -0.3 is 15.3 Å². The van der Waals surface area contributed by atoms with Crippen molar-refractivity contribution in [2.45, 2.75) is 118 Å². The zero-order valence-electron chi connectivity index (χ0n) is 22.6. The second kappa shape index (κ2) is 8.47. The summed E-state index contributed by atoms with van der Waals surface area (Å²) in [6.45, 7) is 15.7. The Morgan fingerprint density at radius 1 is 1.03 bits per heavy atom. The van der Waals surface area contributed by atoms with Crippen molar-refractivity contribution >= 4 is 5.97 Å². The van der Waals surface area contributed by atoms with Gasteiger partial charge in [0.05, 0.1) is 12.2 Å². The fraction of sp³-hybridized carbons (Fsp3) is 0.833. The zero-order chi connectivity index (χ0) is 25.3. The largest absolute Gasteiger partial charge is 0.478 e. The number of rotatable bonds is 5. The maximum Gasteiger partial charge on any atom is 0.330 e. The van der Waals surface area contributed by atoms with Crippen LogP contribution in [-0.2, 0) is 4.79 Å². The van der Waals surface area contributed by atoms with Crippen LogP contribution in [0.1, 0.15) is 106 Å². The first-order valence-electron chi connectivity index (χ1n) is 13.7. The topological polar surface area (TPSA) is 77.8 Å². The quantitative estimate of drug-likeness (QED) is 0.315. The predicted molar refractivity (Wildman–Crippen MR) is 136 cm³/mol. The number of hydrogen-bond acceptors (Lipinski definition) is 3. The van der Waals surface area contributed by atoms with Crippen LogP contribution >= 0.6 is 0 Å². The Hall–Kier alpha value is -1.13. The molecule has 0 bridgehead atoms. The number of aliphatic hydroxyl groups excluding tert-OH is 2. The lowest BCUT2D eigenvalue weighted by molar-refractivity contribution is -0.132. The van der Waals surface area contributed by atoms with E-state index in [0.29, 0.717) is 23.3 Å². The molecule has 0 aromatic carbocycles. The summed E-state index contributed by atoms with van der Waals surface area (Å²) in [5, 5.41) is 31.8. The van der Waals surface area contributed by atoms with Crippen LogP contribution in [0.2, 0.25) is 0 Å². The Morgan fingerprint density at radius 2 is 1.71 bits per heavy atom. The Balaban J connectivity index is 1.65. The third-order valence-electron chi connectivity index (χ3n) is 12.0. The van der Waals surface area contributed by atoms with Crippen molar-refractivity contribution in [3.05, 3.63) is 22.8 Å². The highest BCUT2D eigenvalue weighted by Gasteiger charge is 2.66. The van der Waals surface area contributed by atoms with Gasteiger partial charge in [-0.2, -0.15) is 0 Å². The molecule has 4 rings (SSSR count). The molecule has 4 aliphatic rings. The molecule has 0 amide bonds. The Labute approximate surface area is 206 Å². The summed E-state index contributed by atoms with van der Waals surface area (Å²) in [6, 6.07) is 0. The molecule has 34 heavy (non-hydrogen) atoms. The molecule has 0 unspecified atom stereocenters. The lowest BCUT2D eigenvalue weighted by Gasteiger charge is -2.63. The molecule has 2 saturated carbocycles. The molecule has 3 N–H and O–H groups in total. The standard InChI is InChI=1S/C30H48O4/c1-18(9-8-10-19(2)26(33)34)20-13-16-29(6)21-11-12-23-27(3,4)24(31)14-15-28(23,5)22(21)17-25(32)30(20,29)7/h10,18,20,23-25,31-32H,8-9,11-17H2,1-7H3,(H,33,34)/b19-10-/t18-,20-,23+,24-,25+,28-,29+,30+/m1/s1. The van der Waals surface area contributed by atoms with E-state index in [-0.39, 0.29) is 33.9 Å². The van der Waals surface area contributed by atoms with Crippen LogP contribution in [0.15, 0.2) is 22.8 Å². The number of carboxylic acid groups (broad SMARTS) is 1. The maximum absolute atomic E-state index is 11.9. The predicted octanol–water partition coefficient (Wildman–Crippen LogP) is 6.51. The van der Waals surface area contributed by atoms with Gasteiger partial charge in [-0.1, -0.05) is 58.8 Å². The molecular formula is C30H48O4. The number of hydrogen-bond donors (Lipinski definition) is 3. The van der Waals surface area contributed by atoms with E-state index in [9.17, 15) is 15.0 Å². The van der Waals surface area contributed by atoms with E-state index in [1.807, 2.05) is 6.08 Å². The van der Waals surface area contributed by atoms with Crippen LogP contribution in [-0.4, -0.2) is 33.5 Å². The van der Waals surface area contributed by atoms with Gasteiger partial charge in [-0.25, -0.2) is 4.79 Å². The summed E-state index contributed by atoms with van der Waals surface area (Å²) in [5.41, 5.74) is 3.44. The average Bonchev–Trinajstić information content (AvgIpc) is 3.05. The molecule has 192 valence electrons. The van der Waals surface area contributed by atoms with Crippen molar-refractivity contribution in [3.63, 3.8) is 0 Å². The molecule has 0 aliphatic heterocycles. The van der Waals surface area contributed by atoms with Crippen molar-refractivity contribution < 1.29 is 20.1 Å². The number of aliphatic hydroxyl groups is 2. The Kier molecular flexibility index (Phi) is 6.47. The number of aliphatic carboxylic acids is 1. The van der Waals surface area contributed by atoms with Gasteiger partial charge >= 0.3 is 5.97 Å². The van der Waals surface area contributed by atoms with Crippen molar-refractivity contribution in [2.24, 2.45) is 39.4 Å². The molecule has 4 aliphatic carbocycles. The average molecular weight is 473 g/mol. The lowest BCUT2D eigenvalue weighted by Crippen LogP contribution is -2.58.